The summed E-state index contributed by atoms with van der Waals surface area (Å²) in [6, 6.07) is 8.16. The van der Waals surface area contributed by atoms with Gasteiger partial charge in [0.05, 0.1) is 6.61 Å². The summed E-state index contributed by atoms with van der Waals surface area (Å²) in [5.41, 5.74) is 7.86. The van der Waals surface area contributed by atoms with Crippen molar-refractivity contribution in [3.63, 3.8) is 0 Å². The van der Waals surface area contributed by atoms with Crippen molar-refractivity contribution in [1.82, 2.24) is 0 Å². The highest BCUT2D eigenvalue weighted by atomic mass is 16.5. The molecule has 2 nitrogen and oxygen atoms in total. The van der Waals surface area contributed by atoms with Crippen molar-refractivity contribution in [2.75, 3.05) is 6.61 Å². The molecule has 0 aliphatic rings. The van der Waals surface area contributed by atoms with Gasteiger partial charge in [0, 0.05) is 13.2 Å². The van der Waals surface area contributed by atoms with Crippen LogP contribution in [0.3, 0.4) is 0 Å². The van der Waals surface area contributed by atoms with Gasteiger partial charge < -0.3 is 10.5 Å². The van der Waals surface area contributed by atoms with Crippen LogP contribution >= 0.6 is 0 Å². The van der Waals surface area contributed by atoms with Crippen LogP contribution in [-0.4, -0.2) is 6.61 Å². The minimum atomic E-state index is 0.597. The molecule has 0 heterocycles. The van der Waals surface area contributed by atoms with Gasteiger partial charge in [-0.3, -0.25) is 0 Å². The molecule has 0 aliphatic carbocycles. The summed E-state index contributed by atoms with van der Waals surface area (Å²) in [6.45, 7) is 4.03. The summed E-state index contributed by atoms with van der Waals surface area (Å²) in [5, 5.41) is 0. The Kier molecular flexibility index (Phi) is 3.77. The number of ether oxygens (including phenoxy) is 1. The molecular weight excluding hydrogens is 150 g/mol. The smallest absolute Gasteiger partial charge is 0.0716 e. The zero-order chi connectivity index (χ0) is 8.81. The molecule has 2 heteroatoms. The zero-order valence-electron chi connectivity index (χ0n) is 7.42. The number of hydrogen-bond acceptors (Lipinski definition) is 2. The lowest BCUT2D eigenvalue weighted by Gasteiger charge is -2.03. The van der Waals surface area contributed by atoms with Crippen LogP contribution in [-0.2, 0) is 17.9 Å². The summed E-state index contributed by atoms with van der Waals surface area (Å²) in [5.74, 6) is 0. The lowest BCUT2D eigenvalue weighted by molar-refractivity contribution is 0.134. The molecule has 0 saturated carbocycles. The largest absolute Gasteiger partial charge is 0.377 e. The molecule has 0 bridgehead atoms. The van der Waals surface area contributed by atoms with Gasteiger partial charge >= 0.3 is 0 Å². The first-order valence-electron chi connectivity index (χ1n) is 4.22. The quantitative estimate of drug-likeness (QED) is 0.736. The molecule has 0 aliphatic heterocycles. The zero-order valence-corrected chi connectivity index (χ0v) is 7.42. The van der Waals surface area contributed by atoms with Gasteiger partial charge in [-0.1, -0.05) is 24.3 Å². The van der Waals surface area contributed by atoms with Crippen LogP contribution in [0.15, 0.2) is 24.3 Å². The van der Waals surface area contributed by atoms with Crippen molar-refractivity contribution >= 4 is 0 Å². The fourth-order valence-electron chi connectivity index (χ4n) is 1.07. The summed E-state index contributed by atoms with van der Waals surface area (Å²) >= 11 is 0. The highest BCUT2D eigenvalue weighted by Crippen LogP contribution is 2.05. The van der Waals surface area contributed by atoms with E-state index in [1.165, 1.54) is 5.56 Å². The SMILES string of the molecule is CCOCc1cccc(CN)c1. The van der Waals surface area contributed by atoms with E-state index in [4.69, 9.17) is 10.5 Å². The van der Waals surface area contributed by atoms with Gasteiger partial charge in [0.15, 0.2) is 0 Å². The van der Waals surface area contributed by atoms with Gasteiger partial charge in [0.25, 0.3) is 0 Å². The molecule has 2 N–H and O–H groups in total. The Hall–Kier alpha value is -0.860. The summed E-state index contributed by atoms with van der Waals surface area (Å²) in [7, 11) is 0. The van der Waals surface area contributed by atoms with E-state index >= 15 is 0 Å². The molecule has 1 aromatic carbocycles. The predicted molar refractivity (Wildman–Crippen MR) is 49.7 cm³/mol. The third kappa shape index (κ3) is 2.64. The fourth-order valence-corrected chi connectivity index (χ4v) is 1.07. The first-order chi connectivity index (χ1) is 5.86. The van der Waals surface area contributed by atoms with Crippen LogP contribution in [0.1, 0.15) is 18.1 Å². The van der Waals surface area contributed by atoms with Crippen molar-refractivity contribution < 1.29 is 4.74 Å². The molecule has 0 atom stereocenters. The maximum Gasteiger partial charge on any atom is 0.0716 e. The van der Waals surface area contributed by atoms with Gasteiger partial charge in [0.2, 0.25) is 0 Å². The van der Waals surface area contributed by atoms with E-state index in [1.807, 2.05) is 19.1 Å². The van der Waals surface area contributed by atoms with Crippen LogP contribution in [0.2, 0.25) is 0 Å². The van der Waals surface area contributed by atoms with Crippen molar-refractivity contribution in [1.29, 1.82) is 0 Å². The van der Waals surface area contributed by atoms with E-state index in [0.717, 1.165) is 12.2 Å². The Morgan fingerprint density at radius 3 is 2.75 bits per heavy atom. The van der Waals surface area contributed by atoms with Gasteiger partial charge in [-0.15, -0.1) is 0 Å². The molecule has 0 radical (unpaired) electrons. The Morgan fingerprint density at radius 1 is 1.33 bits per heavy atom. The van der Waals surface area contributed by atoms with Crippen LogP contribution in [0.5, 0.6) is 0 Å². The molecule has 1 aromatic rings. The first kappa shape index (κ1) is 9.23. The molecular formula is C10H15NO. The Balaban J connectivity index is 2.60. The van der Waals surface area contributed by atoms with Crippen molar-refractivity contribution in [3.05, 3.63) is 35.4 Å². The lowest BCUT2D eigenvalue weighted by atomic mass is 10.1. The maximum absolute atomic E-state index is 5.51. The third-order valence-electron chi connectivity index (χ3n) is 1.70. The Labute approximate surface area is 73.3 Å². The van der Waals surface area contributed by atoms with Crippen molar-refractivity contribution in [3.8, 4) is 0 Å². The van der Waals surface area contributed by atoms with Crippen LogP contribution < -0.4 is 5.73 Å². The van der Waals surface area contributed by atoms with Crippen molar-refractivity contribution in [2.24, 2.45) is 5.73 Å². The summed E-state index contributed by atoms with van der Waals surface area (Å²) < 4.78 is 5.28. The first-order valence-corrected chi connectivity index (χ1v) is 4.22. The van der Waals surface area contributed by atoms with Gasteiger partial charge in [-0.25, -0.2) is 0 Å². The van der Waals surface area contributed by atoms with E-state index in [0.29, 0.717) is 13.2 Å². The molecule has 0 spiro atoms. The molecule has 0 fully saturated rings. The van der Waals surface area contributed by atoms with Crippen LogP contribution in [0.25, 0.3) is 0 Å². The third-order valence-corrected chi connectivity index (χ3v) is 1.70. The minimum absolute atomic E-state index is 0.597. The molecule has 12 heavy (non-hydrogen) atoms. The van der Waals surface area contributed by atoms with E-state index in [9.17, 15) is 0 Å². The molecule has 0 aromatic heterocycles. The fraction of sp³-hybridized carbons (Fsp3) is 0.400. The molecule has 66 valence electrons. The second kappa shape index (κ2) is 4.91. The van der Waals surface area contributed by atoms with E-state index < -0.39 is 0 Å². The monoisotopic (exact) mass is 165 g/mol. The number of hydrogen-bond donors (Lipinski definition) is 1. The summed E-state index contributed by atoms with van der Waals surface area (Å²) in [6.07, 6.45) is 0. The van der Waals surface area contributed by atoms with E-state index in [-0.39, 0.29) is 0 Å². The van der Waals surface area contributed by atoms with E-state index in [1.54, 1.807) is 0 Å². The highest BCUT2D eigenvalue weighted by Gasteiger charge is 1.93. The van der Waals surface area contributed by atoms with Crippen LogP contribution in [0.4, 0.5) is 0 Å². The standard InChI is InChI=1S/C10H15NO/c1-2-12-8-10-5-3-4-9(6-10)7-11/h3-6H,2,7-8,11H2,1H3. The number of nitrogens with two attached hydrogens (primary N) is 1. The minimum Gasteiger partial charge on any atom is -0.377 e. The van der Waals surface area contributed by atoms with Gasteiger partial charge in [-0.05, 0) is 18.1 Å². The second-order valence-electron chi connectivity index (χ2n) is 2.66. The predicted octanol–water partition coefficient (Wildman–Crippen LogP) is 1.68. The highest BCUT2D eigenvalue weighted by molar-refractivity contribution is 5.22. The molecule has 0 unspecified atom stereocenters. The molecule has 0 amide bonds. The molecule has 1 rings (SSSR count). The Bertz CT molecular complexity index is 235. The normalized spacial score (nSPS) is 10.2. The average Bonchev–Trinajstić information content (AvgIpc) is 2.15. The number of rotatable bonds is 4. The van der Waals surface area contributed by atoms with Crippen LogP contribution in [0, 0.1) is 0 Å². The Morgan fingerprint density at radius 2 is 2.08 bits per heavy atom. The number of benzene rings is 1. The second-order valence-corrected chi connectivity index (χ2v) is 2.66. The van der Waals surface area contributed by atoms with Gasteiger partial charge in [0.1, 0.15) is 0 Å². The summed E-state index contributed by atoms with van der Waals surface area (Å²) in [4.78, 5) is 0. The maximum atomic E-state index is 5.51. The lowest BCUT2D eigenvalue weighted by Crippen LogP contribution is -1.98. The van der Waals surface area contributed by atoms with Gasteiger partial charge in [-0.2, -0.15) is 0 Å². The average molecular weight is 165 g/mol. The van der Waals surface area contributed by atoms with Crippen molar-refractivity contribution in [2.45, 2.75) is 20.1 Å². The molecule has 0 saturated heterocycles. The topological polar surface area (TPSA) is 35.2 Å². The van der Waals surface area contributed by atoms with E-state index in [2.05, 4.69) is 12.1 Å².